The van der Waals surface area contributed by atoms with Crippen LogP contribution < -0.4 is 5.32 Å². The van der Waals surface area contributed by atoms with E-state index in [4.69, 9.17) is 17.0 Å². The smallest absolute Gasteiger partial charge is 0.408 e. The first-order valence-electron chi connectivity index (χ1n) is 11.9. The van der Waals surface area contributed by atoms with Crippen LogP contribution in [0.1, 0.15) is 64.0 Å². The maximum Gasteiger partial charge on any atom is 0.408 e. The Balaban J connectivity index is 1.87. The average Bonchev–Trinajstić information content (AvgIpc) is 2.82. The van der Waals surface area contributed by atoms with Crippen molar-refractivity contribution >= 4 is 29.2 Å². The minimum absolute atomic E-state index is 0.256. The lowest BCUT2D eigenvalue weighted by Crippen LogP contribution is -2.55. The molecule has 1 aliphatic rings. The summed E-state index contributed by atoms with van der Waals surface area (Å²) in [5.74, 6) is -0.256. The van der Waals surface area contributed by atoms with Crippen molar-refractivity contribution in [2.24, 2.45) is 0 Å². The van der Waals surface area contributed by atoms with Crippen LogP contribution in [0.4, 0.5) is 4.79 Å². The molecular formula is C27H35N3O3S. The maximum atomic E-state index is 13.8. The molecule has 182 valence electrons. The summed E-state index contributed by atoms with van der Waals surface area (Å²) in [7, 11) is 1.71. The van der Waals surface area contributed by atoms with E-state index in [2.05, 4.69) is 10.3 Å². The van der Waals surface area contributed by atoms with Crippen LogP contribution in [0.3, 0.4) is 0 Å². The van der Waals surface area contributed by atoms with E-state index in [1.807, 2.05) is 48.7 Å². The van der Waals surface area contributed by atoms with Gasteiger partial charge in [0.05, 0.1) is 4.99 Å². The van der Waals surface area contributed by atoms with E-state index in [9.17, 15) is 9.59 Å². The van der Waals surface area contributed by atoms with E-state index >= 15 is 0 Å². The molecule has 6 nitrogen and oxygen atoms in total. The number of hydrogen-bond acceptors (Lipinski definition) is 5. The van der Waals surface area contributed by atoms with Crippen molar-refractivity contribution in [1.29, 1.82) is 0 Å². The van der Waals surface area contributed by atoms with E-state index in [0.717, 1.165) is 43.2 Å². The Hall–Kier alpha value is -2.80. The Morgan fingerprint density at radius 1 is 1.12 bits per heavy atom. The van der Waals surface area contributed by atoms with Gasteiger partial charge in [-0.15, -0.1) is 0 Å². The summed E-state index contributed by atoms with van der Waals surface area (Å²) in [6.45, 7) is 5.38. The summed E-state index contributed by atoms with van der Waals surface area (Å²) in [6, 6.07) is 12.8. The van der Waals surface area contributed by atoms with Gasteiger partial charge in [-0.3, -0.25) is 9.78 Å². The van der Waals surface area contributed by atoms with Crippen LogP contribution >= 0.6 is 12.2 Å². The molecule has 1 fully saturated rings. The first-order valence-corrected chi connectivity index (χ1v) is 12.3. The van der Waals surface area contributed by atoms with Gasteiger partial charge in [0.25, 0.3) is 0 Å². The van der Waals surface area contributed by atoms with Gasteiger partial charge < -0.3 is 15.0 Å². The quantitative estimate of drug-likeness (QED) is 0.574. The molecule has 0 radical (unpaired) electrons. The van der Waals surface area contributed by atoms with Crippen molar-refractivity contribution in [1.82, 2.24) is 15.2 Å². The number of likely N-dealkylation sites (N-methyl/N-ethyl adjacent to an activating group) is 1. The molecule has 1 saturated carbocycles. The van der Waals surface area contributed by atoms with Gasteiger partial charge in [0, 0.05) is 31.3 Å². The van der Waals surface area contributed by atoms with Gasteiger partial charge in [-0.2, -0.15) is 0 Å². The zero-order chi connectivity index (χ0) is 24.8. The molecule has 7 heteroatoms. The number of rotatable bonds is 6. The predicted octanol–water partition coefficient (Wildman–Crippen LogP) is 5.21. The third-order valence-electron chi connectivity index (χ3n) is 6.24. The Morgan fingerprint density at radius 3 is 2.38 bits per heavy atom. The van der Waals surface area contributed by atoms with Crippen molar-refractivity contribution < 1.29 is 14.3 Å². The van der Waals surface area contributed by atoms with E-state index in [-0.39, 0.29) is 5.91 Å². The largest absolute Gasteiger partial charge is 0.444 e. The molecule has 0 spiro atoms. The van der Waals surface area contributed by atoms with Gasteiger partial charge in [0.2, 0.25) is 5.91 Å². The van der Waals surface area contributed by atoms with Gasteiger partial charge in [-0.1, -0.05) is 67.9 Å². The van der Waals surface area contributed by atoms with E-state index < -0.39 is 23.2 Å². The summed E-state index contributed by atoms with van der Waals surface area (Å²) in [4.78, 5) is 32.8. The lowest BCUT2D eigenvalue weighted by molar-refractivity contribution is -0.128. The van der Waals surface area contributed by atoms with E-state index in [1.54, 1.807) is 38.9 Å². The SMILES string of the molecule is CN(C(=O)C(Cc1ccccc1)NC(=O)OC(C)(C)C)C(=S)C1(c2cccnc2)CCCCC1. The number of pyridine rings is 1. The molecule has 1 aromatic carbocycles. The fourth-order valence-electron chi connectivity index (χ4n) is 4.58. The molecule has 1 atom stereocenters. The van der Waals surface area contributed by atoms with E-state index in [1.165, 1.54) is 0 Å². The second kappa shape index (κ2) is 11.1. The Morgan fingerprint density at radius 2 is 1.79 bits per heavy atom. The third kappa shape index (κ3) is 6.41. The monoisotopic (exact) mass is 481 g/mol. The van der Waals surface area contributed by atoms with Crippen molar-refractivity contribution in [3.8, 4) is 0 Å². The fraction of sp³-hybridized carbons (Fsp3) is 0.481. The van der Waals surface area contributed by atoms with Crippen molar-refractivity contribution in [2.75, 3.05) is 7.05 Å². The number of hydrogen-bond donors (Lipinski definition) is 1. The first-order chi connectivity index (χ1) is 16.1. The molecule has 2 aromatic rings. The van der Waals surface area contributed by atoms with Gasteiger partial charge in [-0.05, 0) is 50.8 Å². The van der Waals surface area contributed by atoms with Gasteiger partial charge in [0.15, 0.2) is 0 Å². The van der Waals surface area contributed by atoms with Crippen LogP contribution in [-0.4, -0.2) is 45.6 Å². The highest BCUT2D eigenvalue weighted by atomic mass is 32.1. The lowest BCUT2D eigenvalue weighted by Gasteiger charge is -2.41. The van der Waals surface area contributed by atoms with Crippen LogP contribution in [0.5, 0.6) is 0 Å². The van der Waals surface area contributed by atoms with Crippen LogP contribution in [0.15, 0.2) is 54.9 Å². The zero-order valence-corrected chi connectivity index (χ0v) is 21.4. The molecule has 3 rings (SSSR count). The number of ether oxygens (including phenoxy) is 1. The van der Waals surface area contributed by atoms with Crippen molar-refractivity contribution in [3.05, 3.63) is 66.0 Å². The summed E-state index contributed by atoms with van der Waals surface area (Å²) >= 11 is 5.99. The number of nitrogens with zero attached hydrogens (tertiary/aromatic N) is 2. The second-order valence-electron chi connectivity index (χ2n) is 9.98. The Bertz CT molecular complexity index is 983. The van der Waals surface area contributed by atoms with Gasteiger partial charge >= 0.3 is 6.09 Å². The highest BCUT2D eigenvalue weighted by molar-refractivity contribution is 7.80. The summed E-state index contributed by atoms with van der Waals surface area (Å²) < 4.78 is 5.44. The second-order valence-corrected chi connectivity index (χ2v) is 10.4. The lowest BCUT2D eigenvalue weighted by atomic mass is 9.69. The first kappa shape index (κ1) is 25.8. The Kier molecular flexibility index (Phi) is 8.42. The molecule has 2 amide bonds. The molecule has 0 bridgehead atoms. The average molecular weight is 482 g/mol. The number of alkyl carbamates (subject to hydrolysis) is 1. The van der Waals surface area contributed by atoms with E-state index in [0.29, 0.717) is 11.4 Å². The molecule has 1 aliphatic carbocycles. The zero-order valence-electron chi connectivity index (χ0n) is 20.5. The third-order valence-corrected chi connectivity index (χ3v) is 6.90. The highest BCUT2D eigenvalue weighted by Crippen LogP contribution is 2.41. The molecule has 0 saturated heterocycles. The number of carbonyl (C=O) groups is 2. The normalized spacial score (nSPS) is 16.2. The highest BCUT2D eigenvalue weighted by Gasteiger charge is 2.42. The van der Waals surface area contributed by atoms with Crippen LogP contribution in [-0.2, 0) is 21.4 Å². The summed E-state index contributed by atoms with van der Waals surface area (Å²) in [6.07, 6.45) is 8.30. The fourth-order valence-corrected chi connectivity index (χ4v) is 4.99. The molecule has 0 aliphatic heterocycles. The molecule has 1 aromatic heterocycles. The summed E-state index contributed by atoms with van der Waals surface area (Å²) in [5, 5.41) is 2.79. The number of benzene rings is 1. The molecular weight excluding hydrogens is 446 g/mol. The van der Waals surface area contributed by atoms with Crippen LogP contribution in [0, 0.1) is 0 Å². The number of nitrogens with one attached hydrogen (secondary N) is 1. The number of thiocarbonyl (C=S) groups is 1. The number of carbonyl (C=O) groups excluding carboxylic acids is 2. The number of amides is 2. The Labute approximate surface area is 208 Å². The van der Waals surface area contributed by atoms with Gasteiger partial charge in [0.1, 0.15) is 11.6 Å². The topological polar surface area (TPSA) is 71.5 Å². The predicted molar refractivity (Wildman–Crippen MR) is 138 cm³/mol. The standard InChI is InChI=1S/C27H35N3O3S/c1-26(2,3)33-25(32)29-22(18-20-12-7-5-8-13-20)23(31)30(4)24(34)27(15-9-6-10-16-27)21-14-11-17-28-19-21/h5,7-8,11-14,17,19,22H,6,9-10,15-16,18H2,1-4H3,(H,29,32). The van der Waals surface area contributed by atoms with Crippen molar-refractivity contribution in [3.63, 3.8) is 0 Å². The molecule has 1 unspecified atom stereocenters. The summed E-state index contributed by atoms with van der Waals surface area (Å²) in [5.41, 5.74) is 0.892. The minimum atomic E-state index is -0.810. The minimum Gasteiger partial charge on any atom is -0.444 e. The van der Waals surface area contributed by atoms with Crippen LogP contribution in [0.2, 0.25) is 0 Å². The van der Waals surface area contributed by atoms with Crippen molar-refractivity contribution in [2.45, 2.75) is 76.4 Å². The number of aromatic nitrogens is 1. The molecule has 1 heterocycles. The van der Waals surface area contributed by atoms with Crippen LogP contribution in [0.25, 0.3) is 0 Å². The van der Waals surface area contributed by atoms with Gasteiger partial charge in [-0.25, -0.2) is 4.79 Å². The molecule has 34 heavy (non-hydrogen) atoms. The molecule has 1 N–H and O–H groups in total. The maximum absolute atomic E-state index is 13.8.